The van der Waals surface area contributed by atoms with Gasteiger partial charge in [-0.25, -0.2) is 14.3 Å². The van der Waals surface area contributed by atoms with E-state index in [1.54, 1.807) is 41.4 Å². The lowest BCUT2D eigenvalue weighted by atomic mass is 9.95. The monoisotopic (exact) mass is 550 g/mol. The van der Waals surface area contributed by atoms with E-state index >= 15 is 0 Å². The first kappa shape index (κ1) is 31.0. The van der Waals surface area contributed by atoms with Crippen LogP contribution in [0.25, 0.3) is 22.9 Å². The fraction of sp³-hybridized carbons (Fsp3) is 0.276. The van der Waals surface area contributed by atoms with E-state index in [1.807, 2.05) is 33.0 Å². The Balaban J connectivity index is 0.00000267. The number of hydrogen-bond acceptors (Lipinski definition) is 6. The molecule has 9 nitrogen and oxygen atoms in total. The Kier molecular flexibility index (Phi) is 10.3. The SMILES string of the molecule is C.C.C=CC=Cn1cc2cc(C)c(NC(=O)c3cc(OC)nn3-c3ncccc3Cl)c(C(=O)CC(C)C)c2n1. The Morgan fingerprint density at radius 2 is 1.97 bits per heavy atom. The lowest BCUT2D eigenvalue weighted by Crippen LogP contribution is -2.20. The first-order valence-corrected chi connectivity index (χ1v) is 12.0. The summed E-state index contributed by atoms with van der Waals surface area (Å²) in [5, 5.41) is 12.9. The van der Waals surface area contributed by atoms with Crippen LogP contribution >= 0.6 is 11.6 Å². The molecular weight excluding hydrogens is 516 g/mol. The lowest BCUT2D eigenvalue weighted by molar-refractivity contribution is 0.0970. The van der Waals surface area contributed by atoms with Crippen LogP contribution in [0, 0.1) is 12.8 Å². The molecule has 0 fully saturated rings. The van der Waals surface area contributed by atoms with Crippen LogP contribution in [0.2, 0.25) is 5.02 Å². The molecule has 206 valence electrons. The molecule has 39 heavy (non-hydrogen) atoms. The molecule has 4 aromatic rings. The van der Waals surface area contributed by atoms with Gasteiger partial charge in [-0.1, -0.05) is 53.0 Å². The van der Waals surface area contributed by atoms with Gasteiger partial charge in [-0.2, -0.15) is 5.10 Å². The van der Waals surface area contributed by atoms with Crippen LogP contribution in [0.1, 0.15) is 61.5 Å². The van der Waals surface area contributed by atoms with Crippen molar-refractivity contribution >= 4 is 46.1 Å². The number of carbonyl (C=O) groups is 2. The minimum absolute atomic E-state index is 0. The van der Waals surface area contributed by atoms with E-state index in [4.69, 9.17) is 16.3 Å². The van der Waals surface area contributed by atoms with Gasteiger partial charge in [0.05, 0.1) is 23.4 Å². The Labute approximate surface area is 234 Å². The van der Waals surface area contributed by atoms with Gasteiger partial charge in [-0.05, 0) is 42.7 Å². The van der Waals surface area contributed by atoms with Crippen molar-refractivity contribution in [3.63, 3.8) is 0 Å². The molecule has 3 aromatic heterocycles. The fourth-order valence-electron chi connectivity index (χ4n) is 3.95. The fourth-order valence-corrected chi connectivity index (χ4v) is 4.15. The van der Waals surface area contributed by atoms with Crippen molar-refractivity contribution in [2.45, 2.75) is 42.0 Å². The van der Waals surface area contributed by atoms with Crippen LogP contribution in [0.3, 0.4) is 0 Å². The van der Waals surface area contributed by atoms with Crippen molar-refractivity contribution in [2.75, 3.05) is 12.4 Å². The molecule has 10 heteroatoms. The van der Waals surface area contributed by atoms with E-state index in [0.717, 1.165) is 5.39 Å². The number of aryl methyl sites for hydroxylation is 1. The number of carbonyl (C=O) groups excluding carboxylic acids is 2. The molecule has 0 unspecified atom stereocenters. The summed E-state index contributed by atoms with van der Waals surface area (Å²) in [6.45, 7) is 9.46. The predicted octanol–water partition coefficient (Wildman–Crippen LogP) is 7.00. The van der Waals surface area contributed by atoms with E-state index in [1.165, 1.54) is 17.9 Å². The van der Waals surface area contributed by atoms with Crippen LogP contribution in [0.15, 0.2) is 55.4 Å². The van der Waals surface area contributed by atoms with Gasteiger partial charge >= 0.3 is 0 Å². The lowest BCUT2D eigenvalue weighted by Gasteiger charge is -2.15. The second kappa shape index (κ2) is 13.0. The van der Waals surface area contributed by atoms with Gasteiger partial charge in [-0.3, -0.25) is 9.59 Å². The maximum absolute atomic E-state index is 13.6. The van der Waals surface area contributed by atoms with E-state index in [0.29, 0.717) is 33.8 Å². The first-order chi connectivity index (χ1) is 17.7. The molecule has 0 spiro atoms. The third-order valence-corrected chi connectivity index (χ3v) is 5.86. The van der Waals surface area contributed by atoms with Crippen molar-refractivity contribution in [3.8, 4) is 11.7 Å². The van der Waals surface area contributed by atoms with E-state index in [9.17, 15) is 9.59 Å². The van der Waals surface area contributed by atoms with E-state index in [2.05, 4.69) is 27.1 Å². The van der Waals surface area contributed by atoms with Gasteiger partial charge in [0.15, 0.2) is 11.6 Å². The number of hydrogen-bond donors (Lipinski definition) is 1. The molecule has 0 saturated heterocycles. The molecule has 0 aliphatic heterocycles. The maximum atomic E-state index is 13.6. The molecule has 0 atom stereocenters. The van der Waals surface area contributed by atoms with Gasteiger partial charge in [0, 0.05) is 36.5 Å². The molecule has 1 amide bonds. The normalized spacial score (nSPS) is 10.8. The molecule has 4 rings (SSSR count). The van der Waals surface area contributed by atoms with E-state index in [-0.39, 0.29) is 43.9 Å². The summed E-state index contributed by atoms with van der Waals surface area (Å²) < 4.78 is 8.19. The van der Waals surface area contributed by atoms with E-state index < -0.39 is 5.91 Å². The Morgan fingerprint density at radius 1 is 1.23 bits per heavy atom. The molecule has 0 aliphatic rings. The van der Waals surface area contributed by atoms with Crippen LogP contribution < -0.4 is 10.1 Å². The average molecular weight is 551 g/mol. The number of benzene rings is 1. The highest BCUT2D eigenvalue weighted by atomic mass is 35.5. The summed E-state index contributed by atoms with van der Waals surface area (Å²) in [7, 11) is 1.45. The highest BCUT2D eigenvalue weighted by Gasteiger charge is 2.25. The number of halogens is 1. The van der Waals surface area contributed by atoms with Crippen molar-refractivity contribution < 1.29 is 14.3 Å². The van der Waals surface area contributed by atoms with Gasteiger partial charge in [0.2, 0.25) is 5.88 Å². The molecule has 0 bridgehead atoms. The molecule has 1 aromatic carbocycles. The highest BCUT2D eigenvalue weighted by molar-refractivity contribution is 6.32. The molecule has 3 heterocycles. The van der Waals surface area contributed by atoms with Crippen molar-refractivity contribution in [3.05, 3.63) is 77.2 Å². The molecule has 0 saturated carbocycles. The topological polar surface area (TPSA) is 104 Å². The van der Waals surface area contributed by atoms with Crippen molar-refractivity contribution in [2.24, 2.45) is 5.92 Å². The summed E-state index contributed by atoms with van der Waals surface area (Å²) in [6.07, 6.45) is 8.79. The smallest absolute Gasteiger partial charge is 0.274 e. The summed E-state index contributed by atoms with van der Waals surface area (Å²) in [6, 6.07) is 6.70. The molecule has 0 radical (unpaired) electrons. The van der Waals surface area contributed by atoms with Gasteiger partial charge < -0.3 is 10.1 Å². The minimum atomic E-state index is -0.510. The number of nitrogens with zero attached hydrogens (tertiary/aromatic N) is 5. The average Bonchev–Trinajstić information content (AvgIpc) is 3.46. The molecule has 0 aliphatic carbocycles. The van der Waals surface area contributed by atoms with Crippen LogP contribution in [-0.4, -0.2) is 43.3 Å². The van der Waals surface area contributed by atoms with Crippen molar-refractivity contribution in [1.29, 1.82) is 0 Å². The Bertz CT molecular complexity index is 1530. The number of methoxy groups -OCH3 is 1. The minimum Gasteiger partial charge on any atom is -0.480 e. The predicted molar refractivity (Wildman–Crippen MR) is 158 cm³/mol. The summed E-state index contributed by atoms with van der Waals surface area (Å²) in [4.78, 5) is 31.4. The third-order valence-electron chi connectivity index (χ3n) is 5.57. The number of Topliss-reactive ketones (excluding diaryl/α,β-unsaturated/α-hetero) is 1. The number of allylic oxidation sites excluding steroid dienone is 2. The number of nitrogens with one attached hydrogen (secondary N) is 1. The summed E-state index contributed by atoms with van der Waals surface area (Å²) >= 11 is 6.33. The third kappa shape index (κ3) is 6.43. The van der Waals surface area contributed by atoms with Crippen LogP contribution in [0.4, 0.5) is 5.69 Å². The number of aromatic nitrogens is 5. The quantitative estimate of drug-likeness (QED) is 0.178. The van der Waals surface area contributed by atoms with Gasteiger partial charge in [-0.15, -0.1) is 5.10 Å². The number of pyridine rings is 1. The number of amides is 1. The zero-order chi connectivity index (χ0) is 26.7. The zero-order valence-corrected chi connectivity index (χ0v) is 21.8. The highest BCUT2D eigenvalue weighted by Crippen LogP contribution is 2.32. The summed E-state index contributed by atoms with van der Waals surface area (Å²) in [5.41, 5.74) is 2.10. The first-order valence-electron chi connectivity index (χ1n) is 11.6. The number of rotatable bonds is 9. The summed E-state index contributed by atoms with van der Waals surface area (Å²) in [5.74, 6) is -0.0248. The van der Waals surface area contributed by atoms with Crippen LogP contribution in [-0.2, 0) is 0 Å². The van der Waals surface area contributed by atoms with Crippen LogP contribution in [0.5, 0.6) is 5.88 Å². The second-order valence-electron chi connectivity index (χ2n) is 8.84. The molecule has 1 N–H and O–H groups in total. The maximum Gasteiger partial charge on any atom is 0.274 e. The number of anilines is 1. The van der Waals surface area contributed by atoms with Gasteiger partial charge in [0.25, 0.3) is 5.91 Å². The largest absolute Gasteiger partial charge is 0.480 e. The van der Waals surface area contributed by atoms with Crippen molar-refractivity contribution in [1.82, 2.24) is 24.5 Å². The Morgan fingerprint density at radius 3 is 2.62 bits per heavy atom. The zero-order valence-electron chi connectivity index (χ0n) is 21.0. The van der Waals surface area contributed by atoms with Gasteiger partial charge in [0.1, 0.15) is 11.2 Å². The molecular formula is C29H35ClN6O3. The second-order valence-corrected chi connectivity index (χ2v) is 9.24. The standard InChI is InChI=1S/C27H27ClN6O3.2CH4/c1-6-7-11-33-15-18-13-17(4)24(23(25(18)32-33)21(35)12-16(2)3)30-27(36)20-14-22(37-5)31-34(20)26-19(28)9-8-10-29-26;;/h6-11,13-16H,1,12H2,2-5H3,(H,30,36);2*1H4. The number of ketones is 1. The number of ether oxygens (including phenoxy) is 1. The Hall–Kier alpha value is -4.24. The number of fused-ring (bicyclic) bond motifs is 1.